The zero-order chi connectivity index (χ0) is 18.3. The first-order valence-corrected chi connectivity index (χ1v) is 9.25. The molecule has 25 heavy (non-hydrogen) atoms. The molecule has 0 heterocycles. The predicted molar refractivity (Wildman–Crippen MR) is 106 cm³/mol. The van der Waals surface area contributed by atoms with E-state index in [9.17, 15) is 5.26 Å². The molecule has 0 aromatic heterocycles. The molecule has 0 N–H and O–H groups in total. The van der Waals surface area contributed by atoms with Crippen molar-refractivity contribution in [3.05, 3.63) is 70.7 Å². The Morgan fingerprint density at radius 1 is 1.08 bits per heavy atom. The zero-order valence-electron chi connectivity index (χ0n) is 15.4. The standard InChI is InChI=1S/C22H27ClN2/c1-18(2)22(17-24,20-10-12-21(23)13-11-20)14-7-15-25(3)16-19-8-5-4-6-9-19/h4-6,8-13,18H,7,14-16H2,1-3H3. The highest BCUT2D eigenvalue weighted by molar-refractivity contribution is 6.30. The quantitative estimate of drug-likeness (QED) is 0.610. The molecule has 2 aromatic rings. The molecule has 2 nitrogen and oxygen atoms in total. The van der Waals surface area contributed by atoms with Gasteiger partial charge in [0.1, 0.15) is 0 Å². The van der Waals surface area contributed by atoms with Crippen LogP contribution >= 0.6 is 11.6 Å². The summed E-state index contributed by atoms with van der Waals surface area (Å²) in [4.78, 5) is 2.32. The number of nitrogens with zero attached hydrogens (tertiary/aromatic N) is 2. The van der Waals surface area contributed by atoms with Crippen molar-refractivity contribution < 1.29 is 0 Å². The van der Waals surface area contributed by atoms with Crippen LogP contribution in [0.4, 0.5) is 0 Å². The average molecular weight is 355 g/mol. The molecule has 0 saturated heterocycles. The maximum absolute atomic E-state index is 9.97. The van der Waals surface area contributed by atoms with Gasteiger partial charge in [0.25, 0.3) is 0 Å². The van der Waals surface area contributed by atoms with Crippen molar-refractivity contribution in [2.75, 3.05) is 13.6 Å². The number of halogens is 1. The average Bonchev–Trinajstić information content (AvgIpc) is 2.60. The normalized spacial score (nSPS) is 13.6. The highest BCUT2D eigenvalue weighted by atomic mass is 35.5. The number of hydrogen-bond donors (Lipinski definition) is 0. The highest BCUT2D eigenvalue weighted by Crippen LogP contribution is 2.37. The summed E-state index contributed by atoms with van der Waals surface area (Å²) in [7, 11) is 2.14. The lowest BCUT2D eigenvalue weighted by atomic mass is 9.70. The van der Waals surface area contributed by atoms with Crippen molar-refractivity contribution in [1.29, 1.82) is 5.26 Å². The lowest BCUT2D eigenvalue weighted by molar-refractivity contribution is 0.286. The third kappa shape index (κ3) is 5.08. The van der Waals surface area contributed by atoms with Gasteiger partial charge in [0.05, 0.1) is 11.5 Å². The van der Waals surface area contributed by atoms with Gasteiger partial charge in [0.15, 0.2) is 0 Å². The second-order valence-electron chi connectivity index (χ2n) is 7.07. The summed E-state index contributed by atoms with van der Waals surface area (Å²) < 4.78 is 0. The second-order valence-corrected chi connectivity index (χ2v) is 7.51. The summed E-state index contributed by atoms with van der Waals surface area (Å²) in [5.41, 5.74) is 1.93. The molecule has 1 atom stereocenters. The van der Waals surface area contributed by atoms with Gasteiger partial charge in [0, 0.05) is 11.6 Å². The van der Waals surface area contributed by atoms with E-state index in [-0.39, 0.29) is 5.92 Å². The summed E-state index contributed by atoms with van der Waals surface area (Å²) in [5, 5.41) is 10.7. The topological polar surface area (TPSA) is 27.0 Å². The van der Waals surface area contributed by atoms with E-state index in [0.717, 1.165) is 31.5 Å². The Labute approximate surface area is 157 Å². The third-order valence-electron chi connectivity index (χ3n) is 4.95. The van der Waals surface area contributed by atoms with Gasteiger partial charge in [-0.15, -0.1) is 0 Å². The first-order valence-electron chi connectivity index (χ1n) is 8.87. The van der Waals surface area contributed by atoms with E-state index in [4.69, 9.17) is 11.6 Å². The minimum absolute atomic E-state index is 0.248. The summed E-state index contributed by atoms with van der Waals surface area (Å²) >= 11 is 6.02. The van der Waals surface area contributed by atoms with Crippen LogP contribution in [0.15, 0.2) is 54.6 Å². The molecule has 0 aliphatic carbocycles. The molecule has 0 aliphatic rings. The monoisotopic (exact) mass is 354 g/mol. The number of benzene rings is 2. The van der Waals surface area contributed by atoms with Gasteiger partial charge in [-0.25, -0.2) is 0 Å². The maximum atomic E-state index is 9.97. The van der Waals surface area contributed by atoms with Gasteiger partial charge in [-0.3, -0.25) is 0 Å². The van der Waals surface area contributed by atoms with Gasteiger partial charge in [-0.05, 0) is 55.6 Å². The van der Waals surface area contributed by atoms with Gasteiger partial charge in [-0.1, -0.05) is 67.9 Å². The van der Waals surface area contributed by atoms with Gasteiger partial charge < -0.3 is 4.90 Å². The smallest absolute Gasteiger partial charge is 0.0845 e. The molecule has 0 aliphatic heterocycles. The molecule has 2 aromatic carbocycles. The van der Waals surface area contributed by atoms with Crippen LogP contribution in [0.2, 0.25) is 5.02 Å². The fourth-order valence-corrected chi connectivity index (χ4v) is 3.49. The largest absolute Gasteiger partial charge is 0.302 e. The van der Waals surface area contributed by atoms with Crippen LogP contribution in [0.5, 0.6) is 0 Å². The van der Waals surface area contributed by atoms with Gasteiger partial charge in [0.2, 0.25) is 0 Å². The fourth-order valence-electron chi connectivity index (χ4n) is 3.37. The Bertz CT molecular complexity index is 688. The number of nitriles is 1. The molecule has 0 spiro atoms. The molecule has 0 fully saturated rings. The Morgan fingerprint density at radius 3 is 2.28 bits per heavy atom. The summed E-state index contributed by atoms with van der Waals surface area (Å²) in [5.74, 6) is 0.248. The van der Waals surface area contributed by atoms with Gasteiger partial charge in [-0.2, -0.15) is 5.26 Å². The SMILES string of the molecule is CC(C)C(C#N)(CCCN(C)Cc1ccccc1)c1ccc(Cl)cc1. The van der Waals surface area contributed by atoms with Crippen molar-refractivity contribution in [2.24, 2.45) is 5.92 Å². The zero-order valence-corrected chi connectivity index (χ0v) is 16.1. The van der Waals surface area contributed by atoms with E-state index in [0.29, 0.717) is 5.02 Å². The van der Waals surface area contributed by atoms with Crippen LogP contribution in [0, 0.1) is 17.2 Å². The van der Waals surface area contributed by atoms with Crippen LogP contribution in [-0.2, 0) is 12.0 Å². The Hall–Kier alpha value is -1.82. The first-order chi connectivity index (χ1) is 12.0. The van der Waals surface area contributed by atoms with Crippen molar-refractivity contribution in [3.63, 3.8) is 0 Å². The lowest BCUT2D eigenvalue weighted by Crippen LogP contribution is -2.32. The van der Waals surface area contributed by atoms with Crippen LogP contribution in [0.25, 0.3) is 0 Å². The Morgan fingerprint density at radius 2 is 1.72 bits per heavy atom. The van der Waals surface area contributed by atoms with Crippen molar-refractivity contribution >= 4 is 11.6 Å². The minimum atomic E-state index is -0.460. The van der Waals surface area contributed by atoms with Crippen LogP contribution < -0.4 is 0 Å². The van der Waals surface area contributed by atoms with E-state index >= 15 is 0 Å². The van der Waals surface area contributed by atoms with Crippen LogP contribution in [0.3, 0.4) is 0 Å². The summed E-state index contributed by atoms with van der Waals surface area (Å²) in [6.45, 7) is 6.17. The third-order valence-corrected chi connectivity index (χ3v) is 5.20. The van der Waals surface area contributed by atoms with Crippen molar-refractivity contribution in [1.82, 2.24) is 4.90 Å². The van der Waals surface area contributed by atoms with E-state index in [1.165, 1.54) is 5.56 Å². The molecule has 0 radical (unpaired) electrons. The first kappa shape index (κ1) is 19.5. The molecule has 0 amide bonds. The Kier molecular flexibility index (Phi) is 7.05. The Balaban J connectivity index is 2.01. The summed E-state index contributed by atoms with van der Waals surface area (Å²) in [6, 6.07) is 20.9. The lowest BCUT2D eigenvalue weighted by Gasteiger charge is -2.32. The molecule has 0 saturated carbocycles. The van der Waals surface area contributed by atoms with Crippen molar-refractivity contribution in [2.45, 2.75) is 38.6 Å². The van der Waals surface area contributed by atoms with Crippen LogP contribution in [0.1, 0.15) is 37.8 Å². The predicted octanol–water partition coefficient (Wildman–Crippen LogP) is 5.67. The van der Waals surface area contributed by atoms with Crippen LogP contribution in [-0.4, -0.2) is 18.5 Å². The van der Waals surface area contributed by atoms with Crippen molar-refractivity contribution in [3.8, 4) is 6.07 Å². The molecule has 132 valence electrons. The fraction of sp³-hybridized carbons (Fsp3) is 0.409. The molecule has 1 unspecified atom stereocenters. The number of rotatable bonds is 8. The van der Waals surface area contributed by atoms with Gasteiger partial charge >= 0.3 is 0 Å². The molecular weight excluding hydrogens is 328 g/mol. The highest BCUT2D eigenvalue weighted by Gasteiger charge is 2.35. The molecular formula is C22H27ClN2. The minimum Gasteiger partial charge on any atom is -0.302 e. The molecule has 0 bridgehead atoms. The van der Waals surface area contributed by atoms with E-state index in [1.807, 2.05) is 30.3 Å². The molecule has 3 heteroatoms. The van der Waals surface area contributed by atoms with E-state index in [1.54, 1.807) is 0 Å². The number of hydrogen-bond acceptors (Lipinski definition) is 2. The van der Waals surface area contributed by atoms with E-state index in [2.05, 4.69) is 56.1 Å². The maximum Gasteiger partial charge on any atom is 0.0845 e. The molecule has 2 rings (SSSR count). The van der Waals surface area contributed by atoms with E-state index < -0.39 is 5.41 Å². The second kappa shape index (κ2) is 9.04. The summed E-state index contributed by atoms with van der Waals surface area (Å²) in [6.07, 6.45) is 1.83.